The zero-order chi connectivity index (χ0) is 20.3. The van der Waals surface area contributed by atoms with Gasteiger partial charge in [0, 0.05) is 0 Å². The van der Waals surface area contributed by atoms with Crippen LogP contribution in [0.3, 0.4) is 0 Å². The van der Waals surface area contributed by atoms with Gasteiger partial charge in [0.05, 0.1) is 5.57 Å². The lowest BCUT2D eigenvalue weighted by atomic mass is 10.1. The number of para-hydroxylation sites is 2. The highest BCUT2D eigenvalue weighted by molar-refractivity contribution is 6.17. The van der Waals surface area contributed by atoms with E-state index in [9.17, 15) is 4.79 Å². The maximum atomic E-state index is 13.0. The number of ether oxygens (including phenoxy) is 2. The van der Waals surface area contributed by atoms with Gasteiger partial charge in [-0.05, 0) is 29.3 Å². The summed E-state index contributed by atoms with van der Waals surface area (Å²) in [5.41, 5.74) is 2.28. The van der Waals surface area contributed by atoms with Crippen LogP contribution in [-0.4, -0.2) is 12.6 Å². The fourth-order valence-electron chi connectivity index (χ4n) is 2.68. The maximum Gasteiger partial charge on any atom is 0.344 e. The molecule has 0 saturated carbocycles. The van der Waals surface area contributed by atoms with Crippen LogP contribution in [0.5, 0.6) is 11.5 Å². The predicted octanol–water partition coefficient (Wildman–Crippen LogP) is 5.95. The number of hydrogen-bond acceptors (Lipinski definition) is 3. The first-order chi connectivity index (χ1) is 14.3. The van der Waals surface area contributed by atoms with Crippen molar-refractivity contribution in [2.24, 2.45) is 0 Å². The van der Waals surface area contributed by atoms with Crippen molar-refractivity contribution in [3.05, 3.63) is 121 Å². The monoisotopic (exact) mass is 382 g/mol. The van der Waals surface area contributed by atoms with E-state index < -0.39 is 5.97 Å². The Balaban J connectivity index is 1.87. The van der Waals surface area contributed by atoms with Crippen LogP contribution in [0.4, 0.5) is 0 Å². The molecule has 0 aliphatic carbocycles. The van der Waals surface area contributed by atoms with Gasteiger partial charge in [0.1, 0.15) is 6.61 Å². The quantitative estimate of drug-likeness (QED) is 0.159. The van der Waals surface area contributed by atoms with Crippen LogP contribution in [0, 0.1) is 0 Å². The predicted molar refractivity (Wildman–Crippen MR) is 118 cm³/mol. The summed E-state index contributed by atoms with van der Waals surface area (Å²) in [5, 5.41) is 0. The smallest absolute Gasteiger partial charge is 0.344 e. The Labute approximate surface area is 171 Å². The summed E-state index contributed by atoms with van der Waals surface area (Å²) < 4.78 is 11.2. The topological polar surface area (TPSA) is 35.5 Å². The van der Waals surface area contributed by atoms with Crippen LogP contribution < -0.4 is 9.47 Å². The molecule has 0 radical (unpaired) electrons. The molecule has 0 bridgehead atoms. The minimum absolute atomic E-state index is 0.329. The van der Waals surface area contributed by atoms with Crippen molar-refractivity contribution in [2.75, 3.05) is 6.61 Å². The van der Waals surface area contributed by atoms with Crippen LogP contribution in [-0.2, 0) is 4.79 Å². The summed E-state index contributed by atoms with van der Waals surface area (Å²) >= 11 is 0. The summed E-state index contributed by atoms with van der Waals surface area (Å²) in [5.74, 6) is 0.407. The molecule has 3 aromatic rings. The first-order valence-corrected chi connectivity index (χ1v) is 9.31. The van der Waals surface area contributed by atoms with Crippen molar-refractivity contribution in [3.63, 3.8) is 0 Å². The Kier molecular flexibility index (Phi) is 7.19. The normalized spacial score (nSPS) is 11.2. The molecule has 144 valence electrons. The average molecular weight is 382 g/mol. The first-order valence-electron chi connectivity index (χ1n) is 9.31. The van der Waals surface area contributed by atoms with E-state index in [2.05, 4.69) is 6.58 Å². The van der Waals surface area contributed by atoms with Crippen molar-refractivity contribution in [2.45, 2.75) is 0 Å². The molecule has 3 rings (SSSR count). The summed E-state index contributed by atoms with van der Waals surface area (Å²) in [6.07, 6.45) is 7.19. The number of rotatable bonds is 8. The molecule has 0 aromatic heterocycles. The summed E-state index contributed by atoms with van der Waals surface area (Å²) in [6.45, 7) is 3.97. The van der Waals surface area contributed by atoms with Crippen molar-refractivity contribution in [1.29, 1.82) is 0 Å². The Morgan fingerprint density at radius 3 is 2.14 bits per heavy atom. The molecular formula is C26H22O3. The minimum atomic E-state index is -0.455. The van der Waals surface area contributed by atoms with Gasteiger partial charge in [0.2, 0.25) is 0 Å². The lowest BCUT2D eigenvalue weighted by Gasteiger charge is -2.12. The van der Waals surface area contributed by atoms with E-state index in [1.807, 2.05) is 78.9 Å². The third kappa shape index (κ3) is 5.81. The van der Waals surface area contributed by atoms with Gasteiger partial charge in [-0.1, -0.05) is 97.6 Å². The molecule has 0 N–H and O–H groups in total. The lowest BCUT2D eigenvalue weighted by molar-refractivity contribution is -0.128. The molecule has 0 aliphatic heterocycles. The molecule has 29 heavy (non-hydrogen) atoms. The first kappa shape index (κ1) is 19.9. The molecule has 0 fully saturated rings. The number of carbonyl (C=O) groups is 1. The van der Waals surface area contributed by atoms with E-state index in [0.29, 0.717) is 23.7 Å². The van der Waals surface area contributed by atoms with Gasteiger partial charge in [-0.2, -0.15) is 0 Å². The van der Waals surface area contributed by atoms with Crippen LogP contribution in [0.25, 0.3) is 11.6 Å². The van der Waals surface area contributed by atoms with Gasteiger partial charge in [0.15, 0.2) is 11.5 Å². The SMILES string of the molecule is C=CCOc1ccccc1OC(=O)/C(=C/C=C/c1ccccc1)c1ccccc1. The molecule has 0 atom stereocenters. The number of carbonyl (C=O) groups excluding carboxylic acids is 1. The van der Waals surface area contributed by atoms with Gasteiger partial charge in [-0.15, -0.1) is 0 Å². The third-order valence-corrected chi connectivity index (χ3v) is 4.06. The summed E-state index contributed by atoms with van der Waals surface area (Å²) in [7, 11) is 0. The second kappa shape index (κ2) is 10.5. The number of hydrogen-bond donors (Lipinski definition) is 0. The van der Waals surface area contributed by atoms with Crippen LogP contribution in [0.2, 0.25) is 0 Å². The van der Waals surface area contributed by atoms with E-state index in [0.717, 1.165) is 11.1 Å². The van der Waals surface area contributed by atoms with E-state index in [1.165, 1.54) is 0 Å². The molecule has 0 amide bonds. The standard InChI is InChI=1S/C26H22O3/c1-2-20-28-24-18-9-10-19-25(24)29-26(27)23(22-15-7-4-8-16-22)17-11-14-21-12-5-3-6-13-21/h2-19H,1,20H2/b14-11+,23-17+. The summed E-state index contributed by atoms with van der Waals surface area (Å²) in [6, 6.07) is 26.4. The maximum absolute atomic E-state index is 13.0. The number of esters is 1. The van der Waals surface area contributed by atoms with Crippen molar-refractivity contribution >= 4 is 17.6 Å². The molecular weight excluding hydrogens is 360 g/mol. The average Bonchev–Trinajstić information content (AvgIpc) is 2.77. The van der Waals surface area contributed by atoms with Gasteiger partial charge in [0.25, 0.3) is 0 Å². The third-order valence-electron chi connectivity index (χ3n) is 4.06. The molecule has 0 spiro atoms. The van der Waals surface area contributed by atoms with Crippen molar-refractivity contribution < 1.29 is 14.3 Å². The highest BCUT2D eigenvalue weighted by atomic mass is 16.6. The molecule has 0 unspecified atom stereocenters. The fourth-order valence-corrected chi connectivity index (χ4v) is 2.68. The Morgan fingerprint density at radius 2 is 1.45 bits per heavy atom. The van der Waals surface area contributed by atoms with E-state index in [-0.39, 0.29) is 0 Å². The largest absolute Gasteiger partial charge is 0.486 e. The van der Waals surface area contributed by atoms with Gasteiger partial charge >= 0.3 is 5.97 Å². The van der Waals surface area contributed by atoms with Gasteiger partial charge in [-0.3, -0.25) is 0 Å². The Morgan fingerprint density at radius 1 is 0.828 bits per heavy atom. The van der Waals surface area contributed by atoms with Gasteiger partial charge in [-0.25, -0.2) is 4.79 Å². The Hall–Kier alpha value is -3.85. The second-order valence-electron chi connectivity index (χ2n) is 6.15. The zero-order valence-electron chi connectivity index (χ0n) is 16.0. The highest BCUT2D eigenvalue weighted by Crippen LogP contribution is 2.28. The van der Waals surface area contributed by atoms with E-state index in [4.69, 9.17) is 9.47 Å². The zero-order valence-corrected chi connectivity index (χ0v) is 16.0. The molecule has 3 heteroatoms. The molecule has 0 saturated heterocycles. The highest BCUT2D eigenvalue weighted by Gasteiger charge is 2.16. The molecule has 3 aromatic carbocycles. The van der Waals surface area contributed by atoms with E-state index >= 15 is 0 Å². The van der Waals surface area contributed by atoms with Crippen molar-refractivity contribution in [1.82, 2.24) is 0 Å². The van der Waals surface area contributed by atoms with Gasteiger partial charge < -0.3 is 9.47 Å². The molecule has 0 heterocycles. The summed E-state index contributed by atoms with van der Waals surface area (Å²) in [4.78, 5) is 13.0. The van der Waals surface area contributed by atoms with E-state index in [1.54, 1.807) is 30.4 Å². The van der Waals surface area contributed by atoms with Crippen LogP contribution in [0.15, 0.2) is 110 Å². The second-order valence-corrected chi connectivity index (χ2v) is 6.15. The lowest BCUT2D eigenvalue weighted by Crippen LogP contribution is -2.11. The molecule has 3 nitrogen and oxygen atoms in total. The molecule has 0 aliphatic rings. The minimum Gasteiger partial charge on any atom is -0.486 e. The van der Waals surface area contributed by atoms with Crippen molar-refractivity contribution in [3.8, 4) is 11.5 Å². The van der Waals surface area contributed by atoms with Crippen LogP contribution in [0.1, 0.15) is 11.1 Å². The number of allylic oxidation sites excluding steroid dienone is 2. The van der Waals surface area contributed by atoms with Crippen LogP contribution >= 0.6 is 0 Å². The Bertz CT molecular complexity index is 1000. The fraction of sp³-hybridized carbons (Fsp3) is 0.0385. The number of benzene rings is 3.